The minimum Gasteiger partial charge on any atom is -0.494 e. The van der Waals surface area contributed by atoms with Crippen molar-refractivity contribution in [1.29, 1.82) is 0 Å². The molecule has 0 bridgehead atoms. The van der Waals surface area contributed by atoms with E-state index in [0.29, 0.717) is 19.6 Å². The Balaban J connectivity index is 1.60. The molecule has 1 atom stereocenters. The molecule has 0 aliphatic rings. The molecule has 5 heteroatoms. The van der Waals surface area contributed by atoms with Crippen molar-refractivity contribution in [2.45, 2.75) is 46.4 Å². The van der Waals surface area contributed by atoms with E-state index in [4.69, 9.17) is 13.9 Å². The molecule has 1 heterocycles. The van der Waals surface area contributed by atoms with E-state index >= 15 is 0 Å². The summed E-state index contributed by atoms with van der Waals surface area (Å²) in [6.45, 7) is 8.92. The highest BCUT2D eigenvalue weighted by Gasteiger charge is 2.16. The van der Waals surface area contributed by atoms with Crippen molar-refractivity contribution in [3.05, 3.63) is 83.3 Å². The highest BCUT2D eigenvalue weighted by Crippen LogP contribution is 2.21. The summed E-state index contributed by atoms with van der Waals surface area (Å²) in [7, 11) is 0. The van der Waals surface area contributed by atoms with Crippen LogP contribution in [0.15, 0.2) is 65.3 Å². The van der Waals surface area contributed by atoms with Crippen molar-refractivity contribution in [3.63, 3.8) is 0 Å². The van der Waals surface area contributed by atoms with Gasteiger partial charge >= 0.3 is 0 Å². The third-order valence-electron chi connectivity index (χ3n) is 5.22. The van der Waals surface area contributed by atoms with Crippen LogP contribution in [0.1, 0.15) is 35.8 Å². The first-order valence-electron chi connectivity index (χ1n) is 10.9. The van der Waals surface area contributed by atoms with Crippen LogP contribution in [0.25, 0.3) is 0 Å². The summed E-state index contributed by atoms with van der Waals surface area (Å²) in [5, 5.41) is 10.7. The first-order valence-corrected chi connectivity index (χ1v) is 10.9. The summed E-state index contributed by atoms with van der Waals surface area (Å²) < 4.78 is 17.1. The minimum absolute atomic E-state index is 0.239. The van der Waals surface area contributed by atoms with Gasteiger partial charge in [0.25, 0.3) is 0 Å². The quantitative estimate of drug-likeness (QED) is 0.438. The van der Waals surface area contributed by atoms with E-state index in [2.05, 4.69) is 36.9 Å². The van der Waals surface area contributed by atoms with Crippen LogP contribution in [-0.2, 0) is 13.1 Å². The van der Waals surface area contributed by atoms with Crippen molar-refractivity contribution in [3.8, 4) is 11.5 Å². The summed E-state index contributed by atoms with van der Waals surface area (Å²) in [4.78, 5) is 2.16. The van der Waals surface area contributed by atoms with Crippen LogP contribution in [0.3, 0.4) is 0 Å². The molecule has 0 aliphatic carbocycles. The number of furan rings is 1. The number of aliphatic hydroxyl groups excluding tert-OH is 1. The lowest BCUT2D eigenvalue weighted by Gasteiger charge is -2.25. The largest absolute Gasteiger partial charge is 0.494 e. The highest BCUT2D eigenvalue weighted by atomic mass is 16.5. The van der Waals surface area contributed by atoms with Gasteiger partial charge in [0.2, 0.25) is 0 Å². The molecular weight excluding hydrogens is 390 g/mol. The fraction of sp³-hybridized carbons (Fsp3) is 0.385. The number of ether oxygens (including phenoxy) is 2. The summed E-state index contributed by atoms with van der Waals surface area (Å²) in [5.74, 6) is 2.56. The second-order valence-corrected chi connectivity index (χ2v) is 7.90. The lowest BCUT2D eigenvalue weighted by atomic mass is 10.1. The van der Waals surface area contributed by atoms with Gasteiger partial charge in [-0.3, -0.25) is 4.90 Å². The van der Waals surface area contributed by atoms with Crippen LogP contribution in [0.2, 0.25) is 0 Å². The smallest absolute Gasteiger partial charge is 0.122 e. The topological polar surface area (TPSA) is 55.1 Å². The molecule has 0 amide bonds. The normalized spacial score (nSPS) is 12.2. The van der Waals surface area contributed by atoms with E-state index in [1.807, 2.05) is 43.3 Å². The summed E-state index contributed by atoms with van der Waals surface area (Å²) >= 11 is 0. The van der Waals surface area contributed by atoms with E-state index in [0.717, 1.165) is 41.4 Å². The molecule has 5 nitrogen and oxygen atoms in total. The Bertz CT molecular complexity index is 906. The first-order chi connectivity index (χ1) is 15.0. The van der Waals surface area contributed by atoms with Gasteiger partial charge in [-0.25, -0.2) is 0 Å². The molecule has 1 aromatic heterocycles. The van der Waals surface area contributed by atoms with Gasteiger partial charge in [0.05, 0.1) is 19.4 Å². The van der Waals surface area contributed by atoms with E-state index in [1.165, 1.54) is 5.56 Å². The van der Waals surface area contributed by atoms with E-state index in [1.54, 1.807) is 6.26 Å². The van der Waals surface area contributed by atoms with Crippen LogP contribution in [-0.4, -0.2) is 35.9 Å². The van der Waals surface area contributed by atoms with Crippen molar-refractivity contribution in [2.75, 3.05) is 19.8 Å². The number of benzene rings is 2. The van der Waals surface area contributed by atoms with Gasteiger partial charge in [-0.2, -0.15) is 0 Å². The SMILES string of the molecule is CCCOc1ccc(CN(Cc2ccco2)CC(O)COc2cccc(C)c2C)cc1. The molecule has 0 fully saturated rings. The zero-order valence-electron chi connectivity index (χ0n) is 18.7. The Hall–Kier alpha value is -2.76. The third-order valence-corrected chi connectivity index (χ3v) is 5.22. The van der Waals surface area contributed by atoms with Crippen LogP contribution >= 0.6 is 0 Å². The average Bonchev–Trinajstić information content (AvgIpc) is 3.27. The van der Waals surface area contributed by atoms with Crippen molar-refractivity contribution in [1.82, 2.24) is 4.90 Å². The fourth-order valence-electron chi connectivity index (χ4n) is 3.39. The second-order valence-electron chi connectivity index (χ2n) is 7.90. The number of aliphatic hydroxyl groups is 1. The van der Waals surface area contributed by atoms with Crippen molar-refractivity contribution in [2.24, 2.45) is 0 Å². The maximum Gasteiger partial charge on any atom is 0.122 e. The van der Waals surface area contributed by atoms with Crippen LogP contribution < -0.4 is 9.47 Å². The molecular formula is C26H33NO4. The lowest BCUT2D eigenvalue weighted by Crippen LogP contribution is -2.35. The van der Waals surface area contributed by atoms with Gasteiger partial charge in [0.1, 0.15) is 30.0 Å². The molecule has 0 saturated carbocycles. The maximum atomic E-state index is 10.7. The number of rotatable bonds is 12. The van der Waals surface area contributed by atoms with Gasteiger partial charge in [0.15, 0.2) is 0 Å². The predicted octanol–water partition coefficient (Wildman–Crippen LogP) is 5.13. The summed E-state index contributed by atoms with van der Waals surface area (Å²) in [6, 6.07) is 17.9. The molecule has 166 valence electrons. The molecule has 1 unspecified atom stereocenters. The molecule has 3 aromatic rings. The van der Waals surface area contributed by atoms with E-state index < -0.39 is 6.10 Å². The van der Waals surface area contributed by atoms with E-state index in [9.17, 15) is 5.11 Å². The zero-order valence-corrected chi connectivity index (χ0v) is 18.7. The fourth-order valence-corrected chi connectivity index (χ4v) is 3.39. The van der Waals surface area contributed by atoms with Crippen LogP contribution in [0, 0.1) is 13.8 Å². The molecule has 0 aliphatic heterocycles. The lowest BCUT2D eigenvalue weighted by molar-refractivity contribution is 0.0602. The average molecular weight is 424 g/mol. The van der Waals surface area contributed by atoms with Crippen molar-refractivity contribution >= 4 is 0 Å². The molecule has 0 saturated heterocycles. The minimum atomic E-state index is -0.623. The van der Waals surface area contributed by atoms with Gasteiger partial charge in [0, 0.05) is 13.1 Å². The molecule has 0 radical (unpaired) electrons. The van der Waals surface area contributed by atoms with E-state index in [-0.39, 0.29) is 6.61 Å². The third kappa shape index (κ3) is 7.16. The number of nitrogens with zero attached hydrogens (tertiary/aromatic N) is 1. The highest BCUT2D eigenvalue weighted by molar-refractivity contribution is 5.38. The van der Waals surface area contributed by atoms with Gasteiger partial charge in [-0.05, 0) is 67.3 Å². The maximum absolute atomic E-state index is 10.7. The number of hydrogen-bond acceptors (Lipinski definition) is 5. The van der Waals surface area contributed by atoms with Crippen LogP contribution in [0.5, 0.6) is 11.5 Å². The Morgan fingerprint density at radius 3 is 2.48 bits per heavy atom. The predicted molar refractivity (Wildman–Crippen MR) is 122 cm³/mol. The Morgan fingerprint density at radius 1 is 0.968 bits per heavy atom. The molecule has 31 heavy (non-hydrogen) atoms. The Kier molecular flexibility index (Phi) is 8.56. The summed E-state index contributed by atoms with van der Waals surface area (Å²) in [5.41, 5.74) is 3.43. The number of hydrogen-bond donors (Lipinski definition) is 1. The molecule has 0 spiro atoms. The van der Waals surface area contributed by atoms with Gasteiger partial charge in [-0.15, -0.1) is 0 Å². The second kappa shape index (κ2) is 11.6. The molecule has 2 aromatic carbocycles. The first kappa shape index (κ1) is 22.9. The monoisotopic (exact) mass is 423 g/mol. The molecule has 1 N–H and O–H groups in total. The Morgan fingerprint density at radius 2 is 1.77 bits per heavy atom. The summed E-state index contributed by atoms with van der Waals surface area (Å²) in [6.07, 6.45) is 2.04. The zero-order chi connectivity index (χ0) is 22.1. The van der Waals surface area contributed by atoms with Crippen molar-refractivity contribution < 1.29 is 19.0 Å². The Labute approximate surface area is 185 Å². The van der Waals surface area contributed by atoms with Gasteiger partial charge < -0.3 is 19.0 Å². The standard InChI is InChI=1S/C26H33NO4/c1-4-14-29-24-12-10-22(11-13-24)16-27(18-25-8-6-15-30-25)17-23(28)19-31-26-9-5-7-20(2)21(26)3/h5-13,15,23,28H,4,14,16-19H2,1-3H3. The van der Waals surface area contributed by atoms with Gasteiger partial charge in [-0.1, -0.05) is 31.2 Å². The molecule has 3 rings (SSSR count). The number of aryl methyl sites for hydroxylation is 1. The van der Waals surface area contributed by atoms with Crippen LogP contribution in [0.4, 0.5) is 0 Å².